The summed E-state index contributed by atoms with van der Waals surface area (Å²) in [4.78, 5) is 13.6. The summed E-state index contributed by atoms with van der Waals surface area (Å²) in [7, 11) is 0. The summed E-state index contributed by atoms with van der Waals surface area (Å²) in [6.07, 6.45) is 1.57. The molecule has 0 fully saturated rings. The number of hydrogen-bond acceptors (Lipinski definition) is 2. The van der Waals surface area contributed by atoms with Crippen LogP contribution in [0.1, 0.15) is 43.7 Å². The lowest BCUT2D eigenvalue weighted by Crippen LogP contribution is -1.98. The van der Waals surface area contributed by atoms with Crippen LogP contribution in [0, 0.1) is 0 Å². The molecule has 1 aromatic rings. The van der Waals surface area contributed by atoms with Gasteiger partial charge < -0.3 is 0 Å². The summed E-state index contributed by atoms with van der Waals surface area (Å²) < 4.78 is 0. The minimum absolute atomic E-state index is 0.285. The Kier molecular flexibility index (Phi) is 4.26. The fourth-order valence-electron chi connectivity index (χ4n) is 1.49. The Hall–Kier alpha value is -1.40. The van der Waals surface area contributed by atoms with Crippen LogP contribution in [-0.4, -0.2) is 12.6 Å². The highest BCUT2D eigenvalue weighted by atomic mass is 16.1. The molecule has 0 bridgehead atoms. The Balaban J connectivity index is 2.74. The molecule has 1 aromatic carbocycles. The molecule has 1 rings (SSSR count). The molecule has 0 spiro atoms. The van der Waals surface area contributed by atoms with E-state index in [0.29, 0.717) is 12.5 Å². The van der Waals surface area contributed by atoms with Crippen LogP contribution in [-0.2, 0) is 4.79 Å². The van der Waals surface area contributed by atoms with E-state index < -0.39 is 0 Å². The third kappa shape index (κ3) is 3.34. The zero-order chi connectivity index (χ0) is 11.3. The van der Waals surface area contributed by atoms with Crippen molar-refractivity contribution in [3.63, 3.8) is 0 Å². The summed E-state index contributed by atoms with van der Waals surface area (Å²) in [6.45, 7) is 6.93. The zero-order valence-corrected chi connectivity index (χ0v) is 9.53. The van der Waals surface area contributed by atoms with E-state index in [1.807, 2.05) is 0 Å². The van der Waals surface area contributed by atoms with Gasteiger partial charge in [-0.3, -0.25) is 0 Å². The van der Waals surface area contributed by atoms with E-state index in [2.05, 4.69) is 50.0 Å². The number of carbonyl (C=O) groups excluding carboxylic acids is 1. The summed E-state index contributed by atoms with van der Waals surface area (Å²) in [5.74, 6) is 0.843. The highest BCUT2D eigenvalue weighted by Gasteiger charge is 2.05. The van der Waals surface area contributed by atoms with E-state index in [9.17, 15) is 4.79 Å². The highest BCUT2D eigenvalue weighted by Crippen LogP contribution is 2.19. The van der Waals surface area contributed by atoms with Gasteiger partial charge in [-0.25, -0.2) is 9.79 Å². The second-order valence-electron chi connectivity index (χ2n) is 4.15. The fraction of sp³-hybridized carbons (Fsp3) is 0.462. The smallest absolute Gasteiger partial charge is 0.211 e. The molecular formula is C13H17NO. The molecule has 0 saturated heterocycles. The van der Waals surface area contributed by atoms with E-state index in [4.69, 9.17) is 0 Å². The number of aliphatic imine (C=N–C) groups is 1. The maximum Gasteiger partial charge on any atom is 0.234 e. The first-order chi connectivity index (χ1) is 7.15. The van der Waals surface area contributed by atoms with Gasteiger partial charge in [0, 0.05) is 5.92 Å². The van der Waals surface area contributed by atoms with Gasteiger partial charge in [-0.1, -0.05) is 45.0 Å². The van der Waals surface area contributed by atoms with Gasteiger partial charge in [0.2, 0.25) is 6.08 Å². The van der Waals surface area contributed by atoms with Crippen molar-refractivity contribution < 1.29 is 4.79 Å². The lowest BCUT2D eigenvalue weighted by Gasteiger charge is -2.10. The van der Waals surface area contributed by atoms with Crippen molar-refractivity contribution >= 4 is 6.08 Å². The van der Waals surface area contributed by atoms with Crippen molar-refractivity contribution in [3.8, 4) is 0 Å². The van der Waals surface area contributed by atoms with E-state index in [-0.39, 0.29) is 5.92 Å². The first-order valence-corrected chi connectivity index (χ1v) is 5.28. The second-order valence-corrected chi connectivity index (χ2v) is 4.15. The number of benzene rings is 1. The molecule has 0 saturated carbocycles. The first kappa shape index (κ1) is 11.7. The molecule has 0 aromatic heterocycles. The van der Waals surface area contributed by atoms with Crippen LogP contribution in [0.5, 0.6) is 0 Å². The molecular weight excluding hydrogens is 186 g/mol. The van der Waals surface area contributed by atoms with Gasteiger partial charge in [0.25, 0.3) is 0 Å². The third-order valence-electron chi connectivity index (χ3n) is 2.60. The van der Waals surface area contributed by atoms with Crippen LogP contribution in [0.3, 0.4) is 0 Å². The Morgan fingerprint density at radius 3 is 2.13 bits per heavy atom. The molecule has 0 radical (unpaired) electrons. The van der Waals surface area contributed by atoms with Crippen LogP contribution in [0.15, 0.2) is 29.3 Å². The topological polar surface area (TPSA) is 29.4 Å². The quantitative estimate of drug-likeness (QED) is 0.545. The zero-order valence-electron chi connectivity index (χ0n) is 9.53. The molecule has 0 aliphatic carbocycles. The van der Waals surface area contributed by atoms with Gasteiger partial charge in [0.05, 0.1) is 6.54 Å². The summed E-state index contributed by atoms with van der Waals surface area (Å²) in [5.41, 5.74) is 2.56. The predicted molar refractivity (Wildman–Crippen MR) is 61.9 cm³/mol. The molecule has 0 aliphatic heterocycles. The van der Waals surface area contributed by atoms with Crippen LogP contribution in [0.4, 0.5) is 0 Å². The molecule has 0 aliphatic rings. The molecule has 0 N–H and O–H groups in total. The van der Waals surface area contributed by atoms with Crippen LogP contribution >= 0.6 is 0 Å². The van der Waals surface area contributed by atoms with E-state index in [0.717, 1.165) is 0 Å². The van der Waals surface area contributed by atoms with Crippen molar-refractivity contribution in [2.45, 2.75) is 32.6 Å². The average Bonchev–Trinajstić information content (AvgIpc) is 2.26. The Morgan fingerprint density at radius 2 is 1.67 bits per heavy atom. The molecule has 15 heavy (non-hydrogen) atoms. The van der Waals surface area contributed by atoms with Crippen LogP contribution in [0.25, 0.3) is 0 Å². The van der Waals surface area contributed by atoms with Crippen molar-refractivity contribution in [2.24, 2.45) is 4.99 Å². The van der Waals surface area contributed by atoms with Crippen LogP contribution < -0.4 is 0 Å². The van der Waals surface area contributed by atoms with Gasteiger partial charge in [0.1, 0.15) is 0 Å². The summed E-state index contributed by atoms with van der Waals surface area (Å²) in [5, 5.41) is 0. The lowest BCUT2D eigenvalue weighted by molar-refractivity contribution is 0.561. The second kappa shape index (κ2) is 5.47. The molecule has 1 unspecified atom stereocenters. The number of isocyanates is 1. The number of rotatable bonds is 4. The predicted octanol–water partition coefficient (Wildman–Crippen LogP) is 3.25. The first-order valence-electron chi connectivity index (χ1n) is 5.28. The van der Waals surface area contributed by atoms with Crippen molar-refractivity contribution in [1.82, 2.24) is 0 Å². The molecule has 1 atom stereocenters. The molecule has 0 heterocycles. The largest absolute Gasteiger partial charge is 0.234 e. The Bertz CT molecular complexity index is 347. The van der Waals surface area contributed by atoms with Crippen LogP contribution in [0.2, 0.25) is 0 Å². The number of hydrogen-bond donors (Lipinski definition) is 0. The fourth-order valence-corrected chi connectivity index (χ4v) is 1.49. The third-order valence-corrected chi connectivity index (χ3v) is 2.60. The maximum absolute atomic E-state index is 9.99. The normalized spacial score (nSPS) is 12.3. The van der Waals surface area contributed by atoms with Crippen molar-refractivity contribution in [2.75, 3.05) is 6.54 Å². The molecule has 2 heteroatoms. The molecule has 80 valence electrons. The maximum atomic E-state index is 9.99. The lowest BCUT2D eigenvalue weighted by atomic mass is 9.96. The summed E-state index contributed by atoms with van der Waals surface area (Å²) in [6, 6.07) is 8.50. The monoisotopic (exact) mass is 203 g/mol. The average molecular weight is 203 g/mol. The van der Waals surface area contributed by atoms with E-state index >= 15 is 0 Å². The van der Waals surface area contributed by atoms with Crippen molar-refractivity contribution in [3.05, 3.63) is 35.4 Å². The Labute approximate surface area is 91.0 Å². The number of nitrogens with zero attached hydrogens (tertiary/aromatic N) is 1. The van der Waals surface area contributed by atoms with E-state index in [1.54, 1.807) is 6.08 Å². The minimum Gasteiger partial charge on any atom is -0.211 e. The molecule has 0 amide bonds. The van der Waals surface area contributed by atoms with Gasteiger partial charge >= 0.3 is 0 Å². The SMILES string of the molecule is CC(C)c1ccc(C(C)CN=C=O)cc1. The molecule has 2 nitrogen and oxygen atoms in total. The van der Waals surface area contributed by atoms with Gasteiger partial charge in [-0.05, 0) is 17.0 Å². The highest BCUT2D eigenvalue weighted by molar-refractivity contribution is 5.33. The van der Waals surface area contributed by atoms with Gasteiger partial charge in [-0.2, -0.15) is 0 Å². The van der Waals surface area contributed by atoms with E-state index in [1.165, 1.54) is 11.1 Å². The van der Waals surface area contributed by atoms with Crippen molar-refractivity contribution in [1.29, 1.82) is 0 Å². The summed E-state index contributed by atoms with van der Waals surface area (Å²) >= 11 is 0. The minimum atomic E-state index is 0.285. The van der Waals surface area contributed by atoms with Gasteiger partial charge in [-0.15, -0.1) is 0 Å². The Morgan fingerprint density at radius 1 is 1.13 bits per heavy atom. The standard InChI is InChI=1S/C13H17NO/c1-10(2)12-4-6-13(7-5-12)11(3)8-14-9-15/h4-7,10-11H,8H2,1-3H3. The van der Waals surface area contributed by atoms with Gasteiger partial charge in [0.15, 0.2) is 0 Å².